The van der Waals surface area contributed by atoms with Crippen molar-refractivity contribution in [2.24, 2.45) is 5.73 Å². The average molecular weight is 239 g/mol. The van der Waals surface area contributed by atoms with Gasteiger partial charge in [-0.05, 0) is 13.8 Å². The van der Waals surface area contributed by atoms with Crippen LogP contribution in [0.25, 0.3) is 0 Å². The molecule has 8 heteroatoms. The molecule has 90 valence electrons. The summed E-state index contributed by atoms with van der Waals surface area (Å²) < 4.78 is 30.0. The number of ether oxygens (including phenoxy) is 1. The molecule has 0 rings (SSSR count). The van der Waals surface area contributed by atoms with E-state index in [0.717, 1.165) is 11.4 Å². The Bertz CT molecular complexity index is 325. The molecule has 0 fully saturated rings. The van der Waals surface area contributed by atoms with E-state index in [-0.39, 0.29) is 6.54 Å². The summed E-state index contributed by atoms with van der Waals surface area (Å²) in [6.07, 6.45) is -1.03. The minimum Gasteiger partial charge on any atom is -0.452 e. The van der Waals surface area contributed by atoms with Gasteiger partial charge in [-0.15, -0.1) is 0 Å². The molecule has 0 saturated carbocycles. The predicted molar refractivity (Wildman–Crippen MR) is 55.4 cm³/mol. The molecule has 1 amide bonds. The zero-order valence-electron chi connectivity index (χ0n) is 9.27. The second-order valence-electron chi connectivity index (χ2n) is 3.58. The third kappa shape index (κ3) is 3.65. The van der Waals surface area contributed by atoms with Crippen LogP contribution in [0.5, 0.6) is 0 Å². The van der Waals surface area contributed by atoms with Crippen LogP contribution in [-0.2, 0) is 14.9 Å². The molecule has 0 heterocycles. The number of rotatable bonds is 4. The maximum atomic E-state index is 11.6. The van der Waals surface area contributed by atoms with E-state index >= 15 is 0 Å². The number of nitrogens with one attached hydrogen (secondary N) is 1. The second kappa shape index (κ2) is 4.77. The monoisotopic (exact) mass is 239 g/mol. The number of likely N-dealkylation sites (N-methyl/N-ethyl adjacent to an activating group) is 1. The Morgan fingerprint density at radius 2 is 2.00 bits per heavy atom. The van der Waals surface area contributed by atoms with Crippen molar-refractivity contribution in [3.63, 3.8) is 0 Å². The normalized spacial score (nSPS) is 12.7. The van der Waals surface area contributed by atoms with Crippen LogP contribution >= 0.6 is 0 Å². The molecule has 0 saturated heterocycles. The molecule has 0 aliphatic heterocycles. The van der Waals surface area contributed by atoms with Gasteiger partial charge < -0.3 is 10.5 Å². The molecule has 0 atom stereocenters. The molecule has 0 aromatic rings. The van der Waals surface area contributed by atoms with Crippen molar-refractivity contribution < 1.29 is 17.9 Å². The molecule has 0 unspecified atom stereocenters. The van der Waals surface area contributed by atoms with E-state index in [1.807, 2.05) is 0 Å². The highest BCUT2D eigenvalue weighted by atomic mass is 32.2. The number of carbonyl (C=O) groups is 1. The Labute approximate surface area is 89.7 Å². The van der Waals surface area contributed by atoms with Crippen LogP contribution in [0.3, 0.4) is 0 Å². The Morgan fingerprint density at radius 1 is 1.53 bits per heavy atom. The van der Waals surface area contributed by atoms with E-state index in [2.05, 4.69) is 4.74 Å². The van der Waals surface area contributed by atoms with E-state index in [1.54, 1.807) is 18.6 Å². The fraction of sp³-hybridized carbons (Fsp3) is 0.857. The van der Waals surface area contributed by atoms with E-state index in [1.165, 1.54) is 7.05 Å². The lowest BCUT2D eigenvalue weighted by atomic mass is 10.1. The number of nitrogens with zero attached hydrogens (tertiary/aromatic N) is 1. The highest BCUT2D eigenvalue weighted by Gasteiger charge is 2.32. The SMILES string of the molecule is COC(=O)NS(=O)(=O)N(C)C(C)(C)CN. The van der Waals surface area contributed by atoms with Crippen LogP contribution in [-0.4, -0.2) is 45.1 Å². The molecular weight excluding hydrogens is 222 g/mol. The summed E-state index contributed by atoms with van der Waals surface area (Å²) in [6, 6.07) is 0. The van der Waals surface area contributed by atoms with Crippen LogP contribution in [0.15, 0.2) is 0 Å². The Morgan fingerprint density at radius 3 is 2.33 bits per heavy atom. The third-order valence-corrected chi connectivity index (χ3v) is 3.75. The summed E-state index contributed by atoms with van der Waals surface area (Å²) in [5.74, 6) is 0. The van der Waals surface area contributed by atoms with E-state index in [0.29, 0.717) is 0 Å². The lowest BCUT2D eigenvalue weighted by molar-refractivity contribution is 0.176. The second-order valence-corrected chi connectivity index (χ2v) is 5.28. The molecule has 0 spiro atoms. The van der Waals surface area contributed by atoms with Gasteiger partial charge in [0.05, 0.1) is 7.11 Å². The van der Waals surface area contributed by atoms with E-state index in [9.17, 15) is 13.2 Å². The number of methoxy groups -OCH3 is 1. The largest absolute Gasteiger partial charge is 0.452 e. The molecule has 3 N–H and O–H groups in total. The molecule has 0 aliphatic carbocycles. The first kappa shape index (κ1) is 14.1. The summed E-state index contributed by atoms with van der Waals surface area (Å²) in [5.41, 5.74) is 4.64. The standard InChI is InChI=1S/C7H17N3O4S/c1-7(2,5-8)10(3)15(12,13)9-6(11)14-4/h5,8H2,1-4H3,(H,9,11). The first-order chi connectivity index (χ1) is 6.67. The third-order valence-electron chi connectivity index (χ3n) is 2.11. The van der Waals surface area contributed by atoms with Gasteiger partial charge in [0, 0.05) is 19.1 Å². The summed E-state index contributed by atoms with van der Waals surface area (Å²) in [4.78, 5) is 10.8. The van der Waals surface area contributed by atoms with Crippen LogP contribution in [0.1, 0.15) is 13.8 Å². The Hall–Kier alpha value is -0.860. The van der Waals surface area contributed by atoms with Gasteiger partial charge in [0.2, 0.25) is 0 Å². The average Bonchev–Trinajstić information content (AvgIpc) is 2.15. The van der Waals surface area contributed by atoms with E-state index in [4.69, 9.17) is 5.73 Å². The molecule has 15 heavy (non-hydrogen) atoms. The number of nitrogens with two attached hydrogens (primary N) is 1. The molecule has 0 aliphatic rings. The number of carbonyl (C=O) groups excluding carboxylic acids is 1. The van der Waals surface area contributed by atoms with Gasteiger partial charge in [-0.25, -0.2) is 9.52 Å². The van der Waals surface area contributed by atoms with Crippen LogP contribution < -0.4 is 10.5 Å². The Balaban J connectivity index is 4.82. The van der Waals surface area contributed by atoms with Gasteiger partial charge in [-0.2, -0.15) is 12.7 Å². The number of hydrogen-bond donors (Lipinski definition) is 2. The minimum atomic E-state index is -3.91. The topological polar surface area (TPSA) is 102 Å². The predicted octanol–water partition coefficient (Wildman–Crippen LogP) is -0.744. The smallest absolute Gasteiger partial charge is 0.421 e. The van der Waals surface area contributed by atoms with Gasteiger partial charge in [0.25, 0.3) is 0 Å². The molecular formula is C7H17N3O4S. The van der Waals surface area contributed by atoms with Gasteiger partial charge in [-0.1, -0.05) is 0 Å². The lowest BCUT2D eigenvalue weighted by Crippen LogP contribution is -2.54. The number of amides is 1. The summed E-state index contributed by atoms with van der Waals surface area (Å²) in [7, 11) is -1.50. The highest BCUT2D eigenvalue weighted by molar-refractivity contribution is 7.87. The lowest BCUT2D eigenvalue weighted by Gasteiger charge is -2.32. The minimum absolute atomic E-state index is 0.131. The van der Waals surface area contributed by atoms with Crippen molar-refractivity contribution >= 4 is 16.3 Å². The van der Waals surface area contributed by atoms with Crippen molar-refractivity contribution in [2.75, 3.05) is 20.7 Å². The fourth-order valence-electron chi connectivity index (χ4n) is 0.669. The van der Waals surface area contributed by atoms with Crippen molar-refractivity contribution in [1.82, 2.24) is 9.03 Å². The van der Waals surface area contributed by atoms with Crippen molar-refractivity contribution in [1.29, 1.82) is 0 Å². The quantitative estimate of drug-likeness (QED) is 0.672. The maximum Gasteiger partial charge on any atom is 0.421 e. The molecule has 7 nitrogen and oxygen atoms in total. The van der Waals surface area contributed by atoms with Crippen molar-refractivity contribution in [3.05, 3.63) is 0 Å². The Kier molecular flexibility index (Phi) is 4.50. The zero-order valence-corrected chi connectivity index (χ0v) is 10.1. The van der Waals surface area contributed by atoms with Crippen molar-refractivity contribution in [2.45, 2.75) is 19.4 Å². The molecule has 0 aromatic carbocycles. The van der Waals surface area contributed by atoms with Gasteiger partial charge >= 0.3 is 16.3 Å². The summed E-state index contributed by atoms with van der Waals surface area (Å²) in [6.45, 7) is 3.42. The van der Waals surface area contributed by atoms with Crippen LogP contribution in [0, 0.1) is 0 Å². The summed E-state index contributed by atoms with van der Waals surface area (Å²) >= 11 is 0. The van der Waals surface area contributed by atoms with Gasteiger partial charge in [0.15, 0.2) is 0 Å². The van der Waals surface area contributed by atoms with Crippen LogP contribution in [0.2, 0.25) is 0 Å². The fourth-order valence-corrected chi connectivity index (χ4v) is 1.83. The summed E-state index contributed by atoms with van der Waals surface area (Å²) in [5, 5.41) is 0. The first-order valence-corrected chi connectivity index (χ1v) is 5.66. The molecule has 0 aromatic heterocycles. The molecule has 0 radical (unpaired) electrons. The first-order valence-electron chi connectivity index (χ1n) is 4.22. The zero-order chi connectivity index (χ0) is 12.3. The maximum absolute atomic E-state index is 11.6. The highest BCUT2D eigenvalue weighted by Crippen LogP contribution is 2.13. The van der Waals surface area contributed by atoms with Gasteiger partial charge in [-0.3, -0.25) is 0 Å². The van der Waals surface area contributed by atoms with Gasteiger partial charge in [0.1, 0.15) is 0 Å². The van der Waals surface area contributed by atoms with E-state index < -0.39 is 21.8 Å². The van der Waals surface area contributed by atoms with Crippen molar-refractivity contribution in [3.8, 4) is 0 Å². The van der Waals surface area contributed by atoms with Crippen LogP contribution in [0.4, 0.5) is 4.79 Å². The molecule has 0 bridgehead atoms. The number of hydrogen-bond acceptors (Lipinski definition) is 5.